The second kappa shape index (κ2) is 12.0. The summed E-state index contributed by atoms with van der Waals surface area (Å²) in [5.74, 6) is -0.735. The van der Waals surface area contributed by atoms with Crippen LogP contribution in [-0.4, -0.2) is 43.8 Å². The number of para-hydroxylation sites is 1. The number of hydrogen-bond donors (Lipinski definition) is 2. The van der Waals surface area contributed by atoms with Crippen molar-refractivity contribution in [3.05, 3.63) is 89.6 Å². The average molecular weight is 575 g/mol. The molecule has 4 aromatic rings. The number of nitrogens with one attached hydrogen (secondary N) is 1. The number of hydrogen-bond acceptors (Lipinski definition) is 7. The number of carbonyl (C=O) groups excluding carboxylic acids is 2. The largest absolute Gasteiger partial charge is 0.453 e. The Bertz CT molecular complexity index is 1660. The van der Waals surface area contributed by atoms with Gasteiger partial charge in [0.15, 0.2) is 17.2 Å². The summed E-state index contributed by atoms with van der Waals surface area (Å²) in [5, 5.41) is 6.95. The van der Waals surface area contributed by atoms with Gasteiger partial charge in [-0.25, -0.2) is 18.9 Å². The summed E-state index contributed by atoms with van der Waals surface area (Å²) >= 11 is 4.77. The van der Waals surface area contributed by atoms with Crippen LogP contribution in [0.4, 0.5) is 14.9 Å². The Labute approximate surface area is 241 Å². The molecule has 0 aliphatic rings. The average Bonchev–Trinajstić information content (AvgIpc) is 3.31. The second-order valence-electron chi connectivity index (χ2n) is 9.80. The first-order valence-electron chi connectivity index (χ1n) is 12.4. The molecule has 210 valence electrons. The van der Waals surface area contributed by atoms with Gasteiger partial charge in [0.05, 0.1) is 11.4 Å². The fourth-order valence-corrected chi connectivity index (χ4v) is 3.89. The van der Waals surface area contributed by atoms with Gasteiger partial charge in [0.25, 0.3) is 5.91 Å². The van der Waals surface area contributed by atoms with Gasteiger partial charge in [-0.3, -0.25) is 4.79 Å². The van der Waals surface area contributed by atoms with E-state index in [2.05, 4.69) is 20.4 Å². The number of ether oxygens (including phenoxy) is 2. The van der Waals surface area contributed by atoms with Crippen molar-refractivity contribution in [2.24, 2.45) is 10.7 Å². The number of aromatic nitrogens is 3. The van der Waals surface area contributed by atoms with Crippen molar-refractivity contribution in [2.45, 2.75) is 33.3 Å². The van der Waals surface area contributed by atoms with Gasteiger partial charge in [0.2, 0.25) is 0 Å². The van der Waals surface area contributed by atoms with Crippen LogP contribution in [0, 0.1) is 12.7 Å². The van der Waals surface area contributed by atoms with Crippen LogP contribution in [0.2, 0.25) is 0 Å². The number of nitrogens with two attached hydrogens (primary N) is 1. The molecule has 0 aliphatic heterocycles. The zero-order chi connectivity index (χ0) is 29.7. The first kappa shape index (κ1) is 29.0. The third kappa shape index (κ3) is 7.17. The number of pyridine rings is 1. The Morgan fingerprint density at radius 1 is 1.10 bits per heavy atom. The summed E-state index contributed by atoms with van der Waals surface area (Å²) < 4.78 is 26.9. The molecule has 0 aliphatic carbocycles. The molecule has 0 saturated carbocycles. The number of aliphatic imine (C=N–C) groups is 1. The summed E-state index contributed by atoms with van der Waals surface area (Å²) in [6, 6.07) is 17.8. The van der Waals surface area contributed by atoms with E-state index in [0.717, 1.165) is 5.55 Å². The fourth-order valence-electron chi connectivity index (χ4n) is 3.79. The number of anilines is 1. The van der Waals surface area contributed by atoms with E-state index in [1.807, 2.05) is 0 Å². The zero-order valence-corrected chi connectivity index (χ0v) is 23.5. The third-order valence-corrected chi connectivity index (χ3v) is 5.57. The predicted octanol–water partition coefficient (Wildman–Crippen LogP) is 5.61. The quantitative estimate of drug-likeness (QED) is 0.165. The predicted molar refractivity (Wildman–Crippen MR) is 157 cm³/mol. The van der Waals surface area contributed by atoms with E-state index in [4.69, 9.17) is 27.4 Å². The molecule has 2 heterocycles. The molecule has 10 nitrogen and oxygen atoms in total. The Morgan fingerprint density at radius 2 is 1.85 bits per heavy atom. The first-order chi connectivity index (χ1) is 19.4. The normalized spacial score (nSPS) is 11.6. The highest BCUT2D eigenvalue weighted by Gasteiger charge is 2.20. The van der Waals surface area contributed by atoms with Crippen molar-refractivity contribution in [3.8, 4) is 22.7 Å². The number of halogens is 1. The van der Waals surface area contributed by atoms with Crippen LogP contribution in [0.1, 0.15) is 42.6 Å². The Morgan fingerprint density at radius 3 is 2.56 bits per heavy atom. The van der Waals surface area contributed by atoms with Gasteiger partial charge in [-0.15, -0.1) is 0 Å². The maximum Gasteiger partial charge on any atom is 0.436 e. The third-order valence-electron chi connectivity index (χ3n) is 5.47. The van der Waals surface area contributed by atoms with Crippen molar-refractivity contribution in [1.82, 2.24) is 14.8 Å². The van der Waals surface area contributed by atoms with Gasteiger partial charge < -0.3 is 20.5 Å². The van der Waals surface area contributed by atoms with Crippen molar-refractivity contribution in [3.63, 3.8) is 0 Å². The molecular weight excluding hydrogens is 547 g/mol. The smallest absolute Gasteiger partial charge is 0.436 e. The number of nitrogens with zero attached hydrogens (tertiary/aromatic N) is 4. The van der Waals surface area contributed by atoms with Gasteiger partial charge >= 0.3 is 6.09 Å². The van der Waals surface area contributed by atoms with Crippen LogP contribution < -0.4 is 15.8 Å². The van der Waals surface area contributed by atoms with Crippen LogP contribution in [0.3, 0.4) is 0 Å². The summed E-state index contributed by atoms with van der Waals surface area (Å²) in [5.41, 5.74) is 8.30. The van der Waals surface area contributed by atoms with Crippen LogP contribution >= 0.6 is 12.2 Å². The molecule has 0 bridgehead atoms. The minimum absolute atomic E-state index is 0.0344. The first-order valence-corrected chi connectivity index (χ1v) is 12.8. The van der Waals surface area contributed by atoms with E-state index in [0.29, 0.717) is 22.6 Å². The molecule has 2 amide bonds. The number of amidine groups is 1. The van der Waals surface area contributed by atoms with E-state index in [1.165, 1.54) is 22.9 Å². The number of aryl methyl sites for hydroxylation is 1. The lowest BCUT2D eigenvalue weighted by Gasteiger charge is -2.17. The highest BCUT2D eigenvalue weighted by molar-refractivity contribution is 7.78. The van der Waals surface area contributed by atoms with Crippen LogP contribution in [0.15, 0.2) is 71.7 Å². The Balaban J connectivity index is 1.59. The van der Waals surface area contributed by atoms with E-state index in [1.54, 1.807) is 76.2 Å². The lowest BCUT2D eigenvalue weighted by Crippen LogP contribution is -2.25. The standard InChI is InChI=1S/C29H27FN6O4S/c1-17-14-23(36(35-17)25-11-7-9-22(32-25)26(31)34-28(38)40-29(2,3)4)27(37)33-21-13-12-18(15-20(21)30)19-8-5-6-10-24(19)39-16-41/h5-16H,1-4H3,(H,33,37)(H2,31,34,38). The van der Waals surface area contributed by atoms with Gasteiger partial charge in [0.1, 0.15) is 28.6 Å². The lowest BCUT2D eigenvalue weighted by molar-refractivity contribution is 0.0604. The SMILES string of the molecule is Cc1cc(C(=O)Nc2ccc(-c3ccccc3OC=S)cc2F)n(-c2cccc(C(N)=NC(=O)OC(C)(C)C)n2)n1. The summed E-state index contributed by atoms with van der Waals surface area (Å²) in [6.07, 6.45) is -0.861. The maximum absolute atomic E-state index is 15.1. The molecule has 3 N–H and O–H groups in total. The number of carbonyl (C=O) groups is 2. The number of thiocarbonyl (C=S) groups is 1. The van der Waals surface area contributed by atoms with Gasteiger partial charge in [-0.1, -0.05) is 30.3 Å². The van der Waals surface area contributed by atoms with Crippen molar-refractivity contribution >= 4 is 41.3 Å². The van der Waals surface area contributed by atoms with Crippen LogP contribution in [-0.2, 0) is 4.74 Å². The molecular formula is C29H27FN6O4S. The molecule has 4 rings (SSSR count). The molecule has 41 heavy (non-hydrogen) atoms. The monoisotopic (exact) mass is 574 g/mol. The number of rotatable bonds is 7. The number of amides is 2. The minimum atomic E-state index is -0.861. The molecule has 0 atom stereocenters. The lowest BCUT2D eigenvalue weighted by atomic mass is 10.0. The Hall–Kier alpha value is -4.97. The minimum Gasteiger partial charge on any atom is -0.453 e. The fraction of sp³-hybridized carbons (Fsp3) is 0.172. The molecule has 2 aromatic carbocycles. The van der Waals surface area contributed by atoms with Crippen molar-refractivity contribution in [1.29, 1.82) is 0 Å². The van der Waals surface area contributed by atoms with E-state index < -0.39 is 23.4 Å². The van der Waals surface area contributed by atoms with Crippen LogP contribution in [0.25, 0.3) is 16.9 Å². The highest BCUT2D eigenvalue weighted by atomic mass is 32.1. The molecule has 2 aromatic heterocycles. The number of benzene rings is 2. The van der Waals surface area contributed by atoms with Gasteiger partial charge in [-0.2, -0.15) is 10.1 Å². The maximum atomic E-state index is 15.1. The summed E-state index contributed by atoms with van der Waals surface area (Å²) in [6.45, 7) is 6.82. The summed E-state index contributed by atoms with van der Waals surface area (Å²) in [7, 11) is 0. The van der Waals surface area contributed by atoms with Crippen molar-refractivity contribution < 1.29 is 23.5 Å². The molecule has 12 heteroatoms. The van der Waals surface area contributed by atoms with Crippen molar-refractivity contribution in [2.75, 3.05) is 5.32 Å². The highest BCUT2D eigenvalue weighted by Crippen LogP contribution is 2.32. The van der Waals surface area contributed by atoms with E-state index in [9.17, 15) is 9.59 Å². The van der Waals surface area contributed by atoms with Gasteiger partial charge in [0, 0.05) is 5.56 Å². The second-order valence-corrected chi connectivity index (χ2v) is 9.99. The molecule has 0 unspecified atom stereocenters. The molecule has 0 spiro atoms. The molecule has 0 fully saturated rings. The topological polar surface area (TPSA) is 134 Å². The van der Waals surface area contributed by atoms with E-state index >= 15 is 4.39 Å². The van der Waals surface area contributed by atoms with Crippen LogP contribution in [0.5, 0.6) is 5.75 Å². The molecule has 0 radical (unpaired) electrons. The Kier molecular flexibility index (Phi) is 8.53. The molecule has 0 saturated heterocycles. The van der Waals surface area contributed by atoms with Gasteiger partial charge in [-0.05, 0) is 81.9 Å². The van der Waals surface area contributed by atoms with E-state index in [-0.39, 0.29) is 28.7 Å². The summed E-state index contributed by atoms with van der Waals surface area (Å²) in [4.78, 5) is 33.5. The zero-order valence-electron chi connectivity index (χ0n) is 22.7.